The summed E-state index contributed by atoms with van der Waals surface area (Å²) < 4.78 is 18.4. The van der Waals surface area contributed by atoms with E-state index in [4.69, 9.17) is 16.3 Å². The first-order chi connectivity index (χ1) is 14.4. The van der Waals surface area contributed by atoms with Gasteiger partial charge in [-0.1, -0.05) is 23.7 Å². The van der Waals surface area contributed by atoms with E-state index < -0.39 is 22.4 Å². The van der Waals surface area contributed by atoms with Crippen molar-refractivity contribution in [3.63, 3.8) is 0 Å². The second kappa shape index (κ2) is 9.14. The molecule has 0 saturated carbocycles. The van der Waals surface area contributed by atoms with Crippen molar-refractivity contribution in [1.29, 1.82) is 0 Å². The summed E-state index contributed by atoms with van der Waals surface area (Å²) in [4.78, 5) is 31.1. The summed E-state index contributed by atoms with van der Waals surface area (Å²) in [5.41, 5.74) is 0.276. The number of carbonyl (C=O) groups excluding carboxylic acids is 1. The lowest BCUT2D eigenvalue weighted by Gasteiger charge is -2.12. The summed E-state index contributed by atoms with van der Waals surface area (Å²) in [5, 5.41) is 17.1. The van der Waals surface area contributed by atoms with Gasteiger partial charge in [-0.2, -0.15) is 0 Å². The Morgan fingerprint density at radius 2 is 1.90 bits per heavy atom. The standard InChI is InChI=1S/C19H15ClFN5O4/c1-2-30-19(27)12-5-3-4-6-15(12)25-18-16(26(28)29)17(22-10-23-18)24-11-7-8-14(21)13(20)9-11/h3-10H,2H2,1H3,(H2,22,23,24,25). The molecule has 3 aromatic rings. The minimum atomic E-state index is -0.678. The fourth-order valence-electron chi connectivity index (χ4n) is 2.55. The number of ether oxygens (including phenoxy) is 1. The summed E-state index contributed by atoms with van der Waals surface area (Å²) in [6.07, 6.45) is 1.11. The lowest BCUT2D eigenvalue weighted by atomic mass is 10.2. The Bertz CT molecular complexity index is 1110. The smallest absolute Gasteiger partial charge is 0.353 e. The zero-order valence-corrected chi connectivity index (χ0v) is 16.3. The lowest BCUT2D eigenvalue weighted by Crippen LogP contribution is -2.10. The number of hydrogen-bond acceptors (Lipinski definition) is 8. The Morgan fingerprint density at radius 3 is 2.57 bits per heavy atom. The summed E-state index contributed by atoms with van der Waals surface area (Å²) >= 11 is 5.76. The summed E-state index contributed by atoms with van der Waals surface area (Å²) in [5.74, 6) is -1.51. The monoisotopic (exact) mass is 431 g/mol. The maximum absolute atomic E-state index is 13.4. The van der Waals surface area contributed by atoms with E-state index in [2.05, 4.69) is 20.6 Å². The normalized spacial score (nSPS) is 10.4. The molecule has 0 unspecified atom stereocenters. The predicted octanol–water partition coefficient (Wildman–Crippen LogP) is 4.84. The van der Waals surface area contributed by atoms with Crippen molar-refractivity contribution in [2.45, 2.75) is 6.92 Å². The van der Waals surface area contributed by atoms with Crippen LogP contribution in [0.15, 0.2) is 48.8 Å². The molecule has 0 aliphatic carbocycles. The summed E-state index contributed by atoms with van der Waals surface area (Å²) in [6, 6.07) is 10.1. The average molecular weight is 432 g/mol. The molecule has 0 fully saturated rings. The molecule has 3 rings (SSSR count). The van der Waals surface area contributed by atoms with Gasteiger partial charge >= 0.3 is 11.7 Å². The first-order valence-electron chi connectivity index (χ1n) is 8.65. The highest BCUT2D eigenvalue weighted by Crippen LogP contribution is 2.34. The van der Waals surface area contributed by atoms with Crippen LogP contribution >= 0.6 is 11.6 Å². The molecule has 0 amide bonds. The van der Waals surface area contributed by atoms with Crippen molar-refractivity contribution in [3.05, 3.63) is 75.3 Å². The number of nitro groups is 1. The van der Waals surface area contributed by atoms with Crippen LogP contribution in [0.2, 0.25) is 5.02 Å². The molecular formula is C19H15ClFN5O4. The molecular weight excluding hydrogens is 417 g/mol. The maximum atomic E-state index is 13.4. The number of anilines is 4. The highest BCUT2D eigenvalue weighted by Gasteiger charge is 2.25. The number of hydrogen-bond donors (Lipinski definition) is 2. The van der Waals surface area contributed by atoms with Gasteiger partial charge in [0.25, 0.3) is 0 Å². The first-order valence-corrected chi connectivity index (χ1v) is 9.03. The van der Waals surface area contributed by atoms with Gasteiger partial charge in [-0.25, -0.2) is 19.2 Å². The predicted molar refractivity (Wildman–Crippen MR) is 109 cm³/mol. The number of esters is 1. The van der Waals surface area contributed by atoms with E-state index in [9.17, 15) is 19.3 Å². The molecule has 9 nitrogen and oxygen atoms in total. The Hall–Kier alpha value is -3.79. The van der Waals surface area contributed by atoms with Gasteiger partial charge in [-0.3, -0.25) is 10.1 Å². The van der Waals surface area contributed by atoms with Gasteiger partial charge in [0, 0.05) is 5.69 Å². The largest absolute Gasteiger partial charge is 0.462 e. The highest BCUT2D eigenvalue weighted by molar-refractivity contribution is 6.31. The van der Waals surface area contributed by atoms with Crippen LogP contribution in [0.5, 0.6) is 0 Å². The van der Waals surface area contributed by atoms with Crippen molar-refractivity contribution in [2.24, 2.45) is 0 Å². The zero-order valence-electron chi connectivity index (χ0n) is 15.6. The van der Waals surface area contributed by atoms with Crippen LogP contribution in [0.25, 0.3) is 0 Å². The molecule has 0 bridgehead atoms. The molecule has 0 atom stereocenters. The van der Waals surface area contributed by atoms with Crippen LogP contribution in [-0.4, -0.2) is 27.5 Å². The van der Waals surface area contributed by atoms with Crippen molar-refractivity contribution >= 4 is 46.3 Å². The number of rotatable bonds is 7. The van der Waals surface area contributed by atoms with Crippen molar-refractivity contribution < 1.29 is 18.8 Å². The van der Waals surface area contributed by atoms with E-state index in [1.807, 2.05) is 0 Å². The number of halogens is 2. The van der Waals surface area contributed by atoms with Gasteiger partial charge < -0.3 is 15.4 Å². The van der Waals surface area contributed by atoms with Crippen LogP contribution in [-0.2, 0) is 4.74 Å². The SMILES string of the molecule is CCOC(=O)c1ccccc1Nc1ncnc(Nc2ccc(F)c(Cl)c2)c1[N+](=O)[O-]. The summed E-state index contributed by atoms with van der Waals surface area (Å²) in [7, 11) is 0. The fourth-order valence-corrected chi connectivity index (χ4v) is 2.73. The molecule has 154 valence electrons. The highest BCUT2D eigenvalue weighted by atomic mass is 35.5. The lowest BCUT2D eigenvalue weighted by molar-refractivity contribution is -0.383. The van der Waals surface area contributed by atoms with Crippen LogP contribution in [0.1, 0.15) is 17.3 Å². The molecule has 0 radical (unpaired) electrons. The van der Waals surface area contributed by atoms with Crippen molar-refractivity contribution in [3.8, 4) is 0 Å². The molecule has 0 aliphatic heterocycles. The van der Waals surface area contributed by atoms with Gasteiger partial charge in [0.2, 0.25) is 11.6 Å². The van der Waals surface area contributed by atoms with Gasteiger partial charge in [0.05, 0.1) is 27.8 Å². The van der Waals surface area contributed by atoms with Crippen LogP contribution in [0, 0.1) is 15.9 Å². The van der Waals surface area contributed by atoms with Crippen molar-refractivity contribution in [2.75, 3.05) is 17.2 Å². The molecule has 0 saturated heterocycles. The maximum Gasteiger partial charge on any atom is 0.353 e. The number of para-hydroxylation sites is 1. The molecule has 0 aliphatic rings. The number of nitrogens with zero attached hydrogens (tertiary/aromatic N) is 3. The van der Waals surface area contributed by atoms with Gasteiger partial charge in [0.1, 0.15) is 12.1 Å². The third-order valence-corrected chi connectivity index (χ3v) is 4.15. The van der Waals surface area contributed by atoms with Crippen LogP contribution < -0.4 is 10.6 Å². The first kappa shape index (κ1) is 20.9. The molecule has 2 N–H and O–H groups in total. The second-order valence-corrected chi connectivity index (χ2v) is 6.23. The van der Waals surface area contributed by atoms with E-state index in [0.29, 0.717) is 5.69 Å². The molecule has 1 aromatic heterocycles. The van der Waals surface area contributed by atoms with Gasteiger partial charge in [-0.05, 0) is 37.3 Å². The number of benzene rings is 2. The minimum Gasteiger partial charge on any atom is -0.462 e. The average Bonchev–Trinajstić information content (AvgIpc) is 2.71. The third kappa shape index (κ3) is 4.61. The topological polar surface area (TPSA) is 119 Å². The third-order valence-electron chi connectivity index (χ3n) is 3.86. The number of nitrogens with one attached hydrogen (secondary N) is 2. The summed E-state index contributed by atoms with van der Waals surface area (Å²) in [6.45, 7) is 1.85. The van der Waals surface area contributed by atoms with E-state index in [1.165, 1.54) is 18.2 Å². The van der Waals surface area contributed by atoms with E-state index >= 15 is 0 Å². The quantitative estimate of drug-likeness (QED) is 0.310. The molecule has 11 heteroatoms. The van der Waals surface area contributed by atoms with E-state index in [-0.39, 0.29) is 34.5 Å². The van der Waals surface area contributed by atoms with Crippen LogP contribution in [0.3, 0.4) is 0 Å². The van der Waals surface area contributed by atoms with Gasteiger partial charge in [-0.15, -0.1) is 0 Å². The Balaban J connectivity index is 1.99. The second-order valence-electron chi connectivity index (χ2n) is 5.82. The Morgan fingerprint density at radius 1 is 1.20 bits per heavy atom. The Labute approximate surface area is 175 Å². The Kier molecular flexibility index (Phi) is 6.38. The van der Waals surface area contributed by atoms with Crippen molar-refractivity contribution in [1.82, 2.24) is 9.97 Å². The number of aromatic nitrogens is 2. The van der Waals surface area contributed by atoms with Gasteiger partial charge in [0.15, 0.2) is 0 Å². The number of carbonyl (C=O) groups is 1. The van der Waals surface area contributed by atoms with E-state index in [1.54, 1.807) is 25.1 Å². The minimum absolute atomic E-state index is 0.145. The van der Waals surface area contributed by atoms with Crippen LogP contribution in [0.4, 0.5) is 33.1 Å². The van der Waals surface area contributed by atoms with E-state index in [0.717, 1.165) is 12.4 Å². The molecule has 30 heavy (non-hydrogen) atoms. The zero-order chi connectivity index (χ0) is 21.7. The molecule has 2 aromatic carbocycles. The fraction of sp³-hybridized carbons (Fsp3) is 0.105. The molecule has 0 spiro atoms. The molecule has 1 heterocycles.